The molecule has 0 heterocycles. The van der Waals surface area contributed by atoms with Gasteiger partial charge in [0.25, 0.3) is 0 Å². The normalized spacial score (nSPS) is 17.6. The smallest absolute Gasteiger partial charge is 0.321 e. The third-order valence-electron chi connectivity index (χ3n) is 4.70. The van der Waals surface area contributed by atoms with Crippen molar-refractivity contribution in [1.82, 2.24) is 16.0 Å². The molecule has 0 spiro atoms. The van der Waals surface area contributed by atoms with Crippen LogP contribution in [0.1, 0.15) is 64.0 Å². The summed E-state index contributed by atoms with van der Waals surface area (Å²) in [7, 11) is 0. The molecule has 0 unspecified atom stereocenters. The molecule has 1 saturated carbocycles. The van der Waals surface area contributed by atoms with Crippen LogP contribution in [0, 0.1) is 0 Å². The van der Waals surface area contributed by atoms with E-state index in [0.29, 0.717) is 0 Å². The number of rotatable bonds is 6. The zero-order chi connectivity index (χ0) is 18.2. The zero-order valence-electron chi connectivity index (χ0n) is 15.0. The lowest BCUT2D eigenvalue weighted by Crippen LogP contribution is -2.51. The third kappa shape index (κ3) is 6.44. The van der Waals surface area contributed by atoms with Gasteiger partial charge >= 0.3 is 6.03 Å². The van der Waals surface area contributed by atoms with E-state index in [9.17, 15) is 9.59 Å². The van der Waals surface area contributed by atoms with E-state index in [1.54, 1.807) is 6.92 Å². The molecule has 25 heavy (non-hydrogen) atoms. The number of imide groups is 1. The van der Waals surface area contributed by atoms with E-state index >= 15 is 0 Å². The lowest BCUT2D eigenvalue weighted by molar-refractivity contribution is -0.121. The molecular weight excluding hydrogens is 382 g/mol. The molecule has 0 saturated heterocycles. The van der Waals surface area contributed by atoms with Crippen molar-refractivity contribution in [2.45, 2.75) is 70.5 Å². The van der Waals surface area contributed by atoms with Gasteiger partial charge in [-0.3, -0.25) is 15.4 Å². The van der Waals surface area contributed by atoms with Gasteiger partial charge in [0.2, 0.25) is 5.91 Å². The maximum Gasteiger partial charge on any atom is 0.321 e. The number of hydrogen-bond donors (Lipinski definition) is 3. The van der Waals surface area contributed by atoms with E-state index in [1.807, 2.05) is 24.3 Å². The number of nitrogens with one attached hydrogen (secondary N) is 3. The summed E-state index contributed by atoms with van der Waals surface area (Å²) in [6.07, 6.45) is 6.36. The Bertz CT molecular complexity index is 571. The van der Waals surface area contributed by atoms with Crippen molar-refractivity contribution in [3.05, 3.63) is 34.3 Å². The molecule has 2 rings (SSSR count). The van der Waals surface area contributed by atoms with E-state index in [2.05, 4.69) is 38.8 Å². The molecule has 1 aliphatic rings. The molecule has 2 atom stereocenters. The first-order chi connectivity index (χ1) is 12.0. The van der Waals surface area contributed by atoms with Gasteiger partial charge in [-0.1, -0.05) is 54.2 Å². The molecule has 1 aliphatic carbocycles. The van der Waals surface area contributed by atoms with Crippen LogP contribution in [-0.4, -0.2) is 24.0 Å². The number of halogens is 1. The Morgan fingerprint density at radius 2 is 1.80 bits per heavy atom. The summed E-state index contributed by atoms with van der Waals surface area (Å²) < 4.78 is 1.02. The second-order valence-corrected chi connectivity index (χ2v) is 7.61. The highest BCUT2D eigenvalue weighted by molar-refractivity contribution is 9.10. The predicted molar refractivity (Wildman–Crippen MR) is 103 cm³/mol. The molecule has 6 heteroatoms. The van der Waals surface area contributed by atoms with Crippen LogP contribution in [0.15, 0.2) is 28.7 Å². The van der Waals surface area contributed by atoms with Crippen LogP contribution in [0.4, 0.5) is 4.79 Å². The Morgan fingerprint density at radius 1 is 1.16 bits per heavy atom. The van der Waals surface area contributed by atoms with Crippen molar-refractivity contribution >= 4 is 27.9 Å². The summed E-state index contributed by atoms with van der Waals surface area (Å²) in [6.45, 7) is 3.85. The van der Waals surface area contributed by atoms with Crippen LogP contribution in [0.2, 0.25) is 0 Å². The SMILES string of the molecule is CC[C@H](N[C@@H](C)C(=O)NC(=O)NC1CCCCC1)c1ccc(Br)cc1. The van der Waals surface area contributed by atoms with Crippen molar-refractivity contribution in [2.24, 2.45) is 0 Å². The van der Waals surface area contributed by atoms with Gasteiger partial charge in [-0.25, -0.2) is 4.79 Å². The molecule has 3 N–H and O–H groups in total. The van der Waals surface area contributed by atoms with E-state index in [4.69, 9.17) is 0 Å². The summed E-state index contributed by atoms with van der Waals surface area (Å²) >= 11 is 3.43. The van der Waals surface area contributed by atoms with E-state index in [1.165, 1.54) is 6.42 Å². The van der Waals surface area contributed by atoms with Gasteiger partial charge in [0.15, 0.2) is 0 Å². The van der Waals surface area contributed by atoms with Crippen LogP contribution in [-0.2, 0) is 4.79 Å². The van der Waals surface area contributed by atoms with Crippen LogP contribution < -0.4 is 16.0 Å². The number of amides is 3. The highest BCUT2D eigenvalue weighted by atomic mass is 79.9. The molecular formula is C19H28BrN3O2. The number of benzene rings is 1. The minimum atomic E-state index is -0.453. The third-order valence-corrected chi connectivity index (χ3v) is 5.23. The number of hydrogen-bond acceptors (Lipinski definition) is 3. The summed E-state index contributed by atoms with van der Waals surface area (Å²) in [5.74, 6) is -0.302. The van der Waals surface area contributed by atoms with Crippen molar-refractivity contribution in [3.63, 3.8) is 0 Å². The second kappa shape index (κ2) is 9.92. The van der Waals surface area contributed by atoms with Crippen molar-refractivity contribution in [2.75, 3.05) is 0 Å². The standard InChI is InChI=1S/C19H28BrN3O2/c1-3-17(14-9-11-15(20)12-10-14)21-13(2)18(24)23-19(25)22-16-7-5-4-6-8-16/h9-13,16-17,21H,3-8H2,1-2H3,(H2,22,23,24,25)/t13-,17-/m0/s1. The van der Waals surface area contributed by atoms with Crippen molar-refractivity contribution in [1.29, 1.82) is 0 Å². The van der Waals surface area contributed by atoms with Crippen LogP contribution in [0.5, 0.6) is 0 Å². The summed E-state index contributed by atoms with van der Waals surface area (Å²) in [4.78, 5) is 24.3. The first-order valence-electron chi connectivity index (χ1n) is 9.12. The van der Waals surface area contributed by atoms with Gasteiger partial charge in [0.1, 0.15) is 0 Å². The van der Waals surface area contributed by atoms with Gasteiger partial charge in [0, 0.05) is 16.6 Å². The summed E-state index contributed by atoms with van der Waals surface area (Å²) in [5, 5.41) is 8.67. The average molecular weight is 410 g/mol. The lowest BCUT2D eigenvalue weighted by atomic mass is 9.96. The van der Waals surface area contributed by atoms with Gasteiger partial charge in [-0.2, -0.15) is 0 Å². The molecule has 1 fully saturated rings. The predicted octanol–water partition coefficient (Wildman–Crippen LogP) is 4.04. The highest BCUT2D eigenvalue weighted by Gasteiger charge is 2.21. The molecule has 1 aromatic carbocycles. The molecule has 3 amide bonds. The maximum atomic E-state index is 12.3. The Labute approximate surface area is 158 Å². The van der Waals surface area contributed by atoms with Crippen molar-refractivity contribution in [3.8, 4) is 0 Å². The molecule has 138 valence electrons. The van der Waals surface area contributed by atoms with Gasteiger partial charge in [0.05, 0.1) is 6.04 Å². The molecule has 5 nitrogen and oxygen atoms in total. The fourth-order valence-electron chi connectivity index (χ4n) is 3.21. The van der Waals surface area contributed by atoms with E-state index in [-0.39, 0.29) is 24.0 Å². The fourth-order valence-corrected chi connectivity index (χ4v) is 3.48. The Morgan fingerprint density at radius 3 is 2.40 bits per heavy atom. The Balaban J connectivity index is 1.83. The Hall–Kier alpha value is -1.40. The molecule has 0 radical (unpaired) electrons. The monoisotopic (exact) mass is 409 g/mol. The van der Waals surface area contributed by atoms with E-state index < -0.39 is 6.04 Å². The van der Waals surface area contributed by atoms with E-state index in [0.717, 1.165) is 42.1 Å². The molecule has 0 bridgehead atoms. The Kier molecular flexibility index (Phi) is 7.90. The molecule has 1 aromatic rings. The minimum Gasteiger partial charge on any atom is -0.335 e. The summed E-state index contributed by atoms with van der Waals surface area (Å²) in [5.41, 5.74) is 1.12. The van der Waals surface area contributed by atoms with Crippen molar-refractivity contribution < 1.29 is 9.59 Å². The van der Waals surface area contributed by atoms with Gasteiger partial charge < -0.3 is 5.32 Å². The minimum absolute atomic E-state index is 0.0651. The number of carbonyl (C=O) groups excluding carboxylic acids is 2. The topological polar surface area (TPSA) is 70.2 Å². The highest BCUT2D eigenvalue weighted by Crippen LogP contribution is 2.20. The molecule has 0 aromatic heterocycles. The van der Waals surface area contributed by atoms with Crippen LogP contribution in [0.25, 0.3) is 0 Å². The van der Waals surface area contributed by atoms with Gasteiger partial charge in [-0.05, 0) is 43.9 Å². The first kappa shape index (κ1) is 19.9. The fraction of sp³-hybridized carbons (Fsp3) is 0.579. The average Bonchev–Trinajstić information content (AvgIpc) is 2.61. The largest absolute Gasteiger partial charge is 0.335 e. The zero-order valence-corrected chi connectivity index (χ0v) is 16.6. The number of carbonyl (C=O) groups is 2. The summed E-state index contributed by atoms with van der Waals surface area (Å²) in [6, 6.07) is 7.46. The quantitative estimate of drug-likeness (QED) is 0.663. The van der Waals surface area contributed by atoms with Crippen LogP contribution in [0.3, 0.4) is 0 Å². The second-order valence-electron chi connectivity index (χ2n) is 6.70. The number of urea groups is 1. The first-order valence-corrected chi connectivity index (χ1v) is 9.91. The maximum absolute atomic E-state index is 12.3. The lowest BCUT2D eigenvalue weighted by Gasteiger charge is -2.24. The molecule has 0 aliphatic heterocycles. The van der Waals surface area contributed by atoms with Crippen LogP contribution >= 0.6 is 15.9 Å². The van der Waals surface area contributed by atoms with Gasteiger partial charge in [-0.15, -0.1) is 0 Å².